The van der Waals surface area contributed by atoms with Crippen molar-refractivity contribution in [3.8, 4) is 11.5 Å². The average Bonchev–Trinajstić information content (AvgIpc) is 3.21. The summed E-state index contributed by atoms with van der Waals surface area (Å²) < 4.78 is 31.1. The van der Waals surface area contributed by atoms with Gasteiger partial charge in [0.15, 0.2) is 0 Å². The number of hydrogen-bond acceptors (Lipinski definition) is 8. The molecule has 42 heavy (non-hydrogen) atoms. The van der Waals surface area contributed by atoms with Crippen molar-refractivity contribution < 1.29 is 13.2 Å². The Balaban J connectivity index is 0.00000205. The fraction of sp³-hybridized carbons (Fsp3) is 0.448. The van der Waals surface area contributed by atoms with Crippen LogP contribution in [-0.2, 0) is 16.6 Å². The monoisotopic (exact) mass is 658 g/mol. The molecule has 2 fully saturated rings. The molecule has 1 unspecified atom stereocenters. The maximum atomic E-state index is 11.4. The molecule has 0 amide bonds. The smallest absolute Gasteiger partial charge is 0.229 e. The molecule has 3 aromatic rings. The number of ether oxygens (including phenoxy) is 1. The van der Waals surface area contributed by atoms with Crippen molar-refractivity contribution in [3.63, 3.8) is 0 Å². The van der Waals surface area contributed by atoms with Gasteiger partial charge >= 0.3 is 0 Å². The van der Waals surface area contributed by atoms with Crippen LogP contribution in [0.2, 0.25) is 0 Å². The van der Waals surface area contributed by atoms with E-state index in [-0.39, 0.29) is 37.2 Å². The molecule has 5 rings (SSSR count). The molecule has 232 valence electrons. The highest BCUT2D eigenvalue weighted by atomic mass is 35.5. The van der Waals surface area contributed by atoms with E-state index in [0.29, 0.717) is 23.4 Å². The Morgan fingerprint density at radius 1 is 0.905 bits per heavy atom. The first-order chi connectivity index (χ1) is 18.9. The zero-order valence-electron chi connectivity index (χ0n) is 23.7. The van der Waals surface area contributed by atoms with E-state index in [9.17, 15) is 8.42 Å². The summed E-state index contributed by atoms with van der Waals surface area (Å²) in [6, 6.07) is 17.5. The summed E-state index contributed by atoms with van der Waals surface area (Å²) in [6.07, 6.45) is 8.68. The van der Waals surface area contributed by atoms with E-state index in [1.165, 1.54) is 24.1 Å². The third-order valence-electron chi connectivity index (χ3n) is 7.31. The first kappa shape index (κ1) is 35.9. The van der Waals surface area contributed by atoms with Crippen molar-refractivity contribution >= 4 is 58.9 Å². The van der Waals surface area contributed by atoms with Gasteiger partial charge in [0.05, 0.1) is 6.26 Å². The van der Waals surface area contributed by atoms with E-state index < -0.39 is 10.0 Å². The number of rotatable bonds is 9. The molecule has 13 heteroatoms. The van der Waals surface area contributed by atoms with Crippen molar-refractivity contribution in [2.45, 2.75) is 50.6 Å². The van der Waals surface area contributed by atoms with Gasteiger partial charge in [0.1, 0.15) is 11.5 Å². The van der Waals surface area contributed by atoms with Crippen LogP contribution in [0.15, 0.2) is 60.8 Å². The van der Waals surface area contributed by atoms with Crippen molar-refractivity contribution in [3.05, 3.63) is 72.1 Å². The van der Waals surface area contributed by atoms with Crippen LogP contribution in [0, 0.1) is 0 Å². The minimum atomic E-state index is -3.30. The highest BCUT2D eigenvalue weighted by Gasteiger charge is 2.21. The fourth-order valence-corrected chi connectivity index (χ4v) is 5.83. The predicted molar refractivity (Wildman–Crippen MR) is 177 cm³/mol. The molecule has 2 aromatic carbocycles. The van der Waals surface area contributed by atoms with Crippen LogP contribution in [0.5, 0.6) is 11.5 Å². The number of aromatic nitrogens is 2. The quantitative estimate of drug-likeness (QED) is 0.263. The molecule has 2 saturated heterocycles. The first-order valence-electron chi connectivity index (χ1n) is 13.8. The van der Waals surface area contributed by atoms with Crippen molar-refractivity contribution in [1.82, 2.24) is 20.2 Å². The summed E-state index contributed by atoms with van der Waals surface area (Å²) in [5, 5.41) is 7.07. The summed E-state index contributed by atoms with van der Waals surface area (Å²) in [6.45, 7) is 5.12. The zero-order valence-corrected chi connectivity index (χ0v) is 27.0. The van der Waals surface area contributed by atoms with Crippen molar-refractivity contribution in [2.75, 3.05) is 42.5 Å². The minimum Gasteiger partial charge on any atom is -0.457 e. The zero-order chi connectivity index (χ0) is 27.1. The van der Waals surface area contributed by atoms with Gasteiger partial charge in [0, 0.05) is 49.2 Å². The van der Waals surface area contributed by atoms with Gasteiger partial charge in [-0.3, -0.25) is 9.62 Å². The van der Waals surface area contributed by atoms with Gasteiger partial charge in [-0.1, -0.05) is 12.1 Å². The lowest BCUT2D eigenvalue weighted by Crippen LogP contribution is -2.39. The van der Waals surface area contributed by atoms with Crippen LogP contribution in [-0.4, -0.2) is 61.8 Å². The van der Waals surface area contributed by atoms with Crippen LogP contribution in [0.25, 0.3) is 0 Å². The highest BCUT2D eigenvalue weighted by Crippen LogP contribution is 2.26. The average molecular weight is 660 g/mol. The van der Waals surface area contributed by atoms with E-state index >= 15 is 0 Å². The summed E-state index contributed by atoms with van der Waals surface area (Å²) in [5.41, 5.74) is 2.92. The lowest BCUT2D eigenvalue weighted by atomic mass is 9.97. The Bertz CT molecular complexity index is 1320. The van der Waals surface area contributed by atoms with Crippen molar-refractivity contribution in [2.24, 2.45) is 0 Å². The van der Waals surface area contributed by atoms with Crippen LogP contribution in [0.4, 0.5) is 11.6 Å². The number of halogens is 3. The van der Waals surface area contributed by atoms with E-state index in [0.717, 1.165) is 69.9 Å². The van der Waals surface area contributed by atoms with E-state index in [1.54, 1.807) is 24.3 Å². The number of anilines is 2. The topological polar surface area (TPSA) is 108 Å². The number of likely N-dealkylation sites (tertiary alicyclic amines) is 1. The summed E-state index contributed by atoms with van der Waals surface area (Å²) in [7, 11) is -3.30. The van der Waals surface area contributed by atoms with Crippen LogP contribution in [0.3, 0.4) is 0 Å². The van der Waals surface area contributed by atoms with Crippen molar-refractivity contribution in [1.29, 1.82) is 0 Å². The van der Waals surface area contributed by atoms with Gasteiger partial charge in [-0.05, 0) is 93.2 Å². The number of sulfonamides is 1. The molecule has 2 aliphatic rings. The molecule has 1 aromatic heterocycles. The number of piperidine rings is 1. The molecule has 0 saturated carbocycles. The Kier molecular flexibility index (Phi) is 14.6. The largest absolute Gasteiger partial charge is 0.457 e. The van der Waals surface area contributed by atoms with Gasteiger partial charge in [-0.15, -0.1) is 37.2 Å². The molecule has 1 atom stereocenters. The molecule has 9 nitrogen and oxygen atoms in total. The molecule has 0 radical (unpaired) electrons. The fourth-order valence-electron chi connectivity index (χ4n) is 5.26. The number of nitrogens with zero attached hydrogens (tertiary/aromatic N) is 3. The van der Waals surface area contributed by atoms with Gasteiger partial charge < -0.3 is 15.4 Å². The maximum Gasteiger partial charge on any atom is 0.229 e. The second-order valence-corrected chi connectivity index (χ2v) is 12.3. The lowest BCUT2D eigenvalue weighted by molar-refractivity contribution is 0.211. The summed E-state index contributed by atoms with van der Waals surface area (Å²) in [5.74, 6) is 2.68. The molecule has 2 aliphatic heterocycles. The molecule has 0 aliphatic carbocycles. The lowest BCUT2D eigenvalue weighted by Gasteiger charge is -2.32. The summed E-state index contributed by atoms with van der Waals surface area (Å²) >= 11 is 0. The number of hydrogen-bond donors (Lipinski definition) is 3. The Morgan fingerprint density at radius 3 is 2.24 bits per heavy atom. The third-order valence-corrected chi connectivity index (χ3v) is 7.92. The second-order valence-electron chi connectivity index (χ2n) is 10.5. The predicted octanol–water partition coefficient (Wildman–Crippen LogP) is 5.84. The van der Waals surface area contributed by atoms with Crippen LogP contribution >= 0.6 is 37.2 Å². The Hall–Kier alpha value is -2.34. The third kappa shape index (κ3) is 11.1. The minimum absolute atomic E-state index is 0. The molecule has 3 N–H and O–H groups in total. The Labute approximate surface area is 267 Å². The molecular weight excluding hydrogens is 619 g/mol. The molecular formula is C29H41Cl3N6O3S. The first-order valence-corrected chi connectivity index (χ1v) is 15.7. The molecule has 3 heterocycles. The highest BCUT2D eigenvalue weighted by molar-refractivity contribution is 7.92. The molecule has 0 bridgehead atoms. The Morgan fingerprint density at radius 2 is 1.57 bits per heavy atom. The van der Waals surface area contributed by atoms with Gasteiger partial charge in [-0.25, -0.2) is 18.4 Å². The van der Waals surface area contributed by atoms with Gasteiger partial charge in [-0.2, -0.15) is 0 Å². The number of benzene rings is 2. The maximum absolute atomic E-state index is 11.4. The second kappa shape index (κ2) is 17.1. The molecule has 0 spiro atoms. The van der Waals surface area contributed by atoms with Crippen LogP contribution < -0.4 is 20.1 Å². The van der Waals surface area contributed by atoms with E-state index in [2.05, 4.69) is 43.4 Å². The standard InChI is InChI=1S/C29H38N6O3S.3ClH/c1-39(36,37)34-25-6-10-27(11-7-25)38-26-8-4-22(5-9-26)21-35-19-14-24(15-20-35)32-29-31-18-13-28(33-29)23-3-2-16-30-17-12-23;;;/h4-11,13,18,23-24,30,34H,2-3,12,14-17,19-21H2,1H3,(H,31,32,33);3*1H. The SMILES string of the molecule is CS(=O)(=O)Nc1ccc(Oc2ccc(CN3CCC(Nc4nccc(C5CCCNCC5)n4)CC3)cc2)cc1.Cl.Cl.Cl. The van der Waals surface area contributed by atoms with Gasteiger partial charge in [0.25, 0.3) is 0 Å². The summed E-state index contributed by atoms with van der Waals surface area (Å²) in [4.78, 5) is 11.9. The normalized spacial score (nSPS) is 17.9. The number of nitrogens with one attached hydrogen (secondary N) is 3. The van der Waals surface area contributed by atoms with E-state index in [4.69, 9.17) is 9.72 Å². The van der Waals surface area contributed by atoms with E-state index in [1.807, 2.05) is 18.3 Å². The van der Waals surface area contributed by atoms with Crippen LogP contribution in [0.1, 0.15) is 49.3 Å². The van der Waals surface area contributed by atoms with Gasteiger partial charge in [0.2, 0.25) is 16.0 Å².